The number of halogens is 2. The molecule has 0 aliphatic rings. The standard InChI is InChI=1S/C17H20BrFN2/c1-20-17(10-13-4-7-14(18)11-16(13)19)12-5-8-15(9-6-12)21(2)3/h4-9,11,17,20H,10H2,1-3H3. The minimum Gasteiger partial charge on any atom is -0.378 e. The molecule has 2 aromatic carbocycles. The molecule has 1 unspecified atom stereocenters. The van der Waals surface area contributed by atoms with Crippen LogP contribution in [-0.4, -0.2) is 21.1 Å². The van der Waals surface area contributed by atoms with Gasteiger partial charge in [-0.3, -0.25) is 0 Å². The third kappa shape index (κ3) is 4.05. The molecule has 0 spiro atoms. The zero-order chi connectivity index (χ0) is 15.4. The van der Waals surface area contributed by atoms with Gasteiger partial charge in [-0.2, -0.15) is 0 Å². The van der Waals surface area contributed by atoms with E-state index in [0.717, 1.165) is 15.7 Å². The van der Waals surface area contributed by atoms with Gasteiger partial charge in [0.15, 0.2) is 0 Å². The van der Waals surface area contributed by atoms with Gasteiger partial charge < -0.3 is 10.2 Å². The first kappa shape index (κ1) is 16.0. The van der Waals surface area contributed by atoms with E-state index >= 15 is 0 Å². The number of nitrogens with zero attached hydrogens (tertiary/aromatic N) is 1. The fourth-order valence-corrected chi connectivity index (χ4v) is 2.63. The van der Waals surface area contributed by atoms with Gasteiger partial charge in [0, 0.05) is 30.3 Å². The van der Waals surface area contributed by atoms with Crippen LogP contribution in [0.5, 0.6) is 0 Å². The number of likely N-dealkylation sites (N-methyl/N-ethyl adjacent to an activating group) is 1. The van der Waals surface area contributed by atoms with E-state index in [2.05, 4.69) is 50.4 Å². The molecule has 2 rings (SSSR count). The molecule has 2 nitrogen and oxygen atoms in total. The van der Waals surface area contributed by atoms with Crippen molar-refractivity contribution in [1.82, 2.24) is 5.32 Å². The maximum absolute atomic E-state index is 14.0. The number of nitrogens with one attached hydrogen (secondary N) is 1. The van der Waals surface area contributed by atoms with Gasteiger partial charge >= 0.3 is 0 Å². The second-order valence-corrected chi connectivity index (χ2v) is 6.18. The lowest BCUT2D eigenvalue weighted by Crippen LogP contribution is -2.19. The van der Waals surface area contributed by atoms with Gasteiger partial charge in [-0.25, -0.2) is 4.39 Å². The average molecular weight is 351 g/mol. The summed E-state index contributed by atoms with van der Waals surface area (Å²) in [7, 11) is 5.94. The Bertz CT molecular complexity index is 596. The van der Waals surface area contributed by atoms with E-state index in [-0.39, 0.29) is 11.9 Å². The highest BCUT2D eigenvalue weighted by molar-refractivity contribution is 9.10. The molecule has 0 aliphatic carbocycles. The summed E-state index contributed by atoms with van der Waals surface area (Å²) in [4.78, 5) is 2.06. The van der Waals surface area contributed by atoms with Crippen molar-refractivity contribution < 1.29 is 4.39 Å². The molecule has 21 heavy (non-hydrogen) atoms. The summed E-state index contributed by atoms with van der Waals surface area (Å²) in [5.74, 6) is -0.172. The minimum absolute atomic E-state index is 0.0943. The van der Waals surface area contributed by atoms with Crippen molar-refractivity contribution >= 4 is 21.6 Å². The Morgan fingerprint density at radius 1 is 1.14 bits per heavy atom. The van der Waals surface area contributed by atoms with E-state index in [1.807, 2.05) is 33.3 Å². The van der Waals surface area contributed by atoms with Gasteiger partial charge in [0.2, 0.25) is 0 Å². The maximum Gasteiger partial charge on any atom is 0.127 e. The maximum atomic E-state index is 14.0. The second-order valence-electron chi connectivity index (χ2n) is 5.27. The summed E-state index contributed by atoms with van der Waals surface area (Å²) in [6.45, 7) is 0. The van der Waals surface area contributed by atoms with Gasteiger partial charge in [-0.15, -0.1) is 0 Å². The van der Waals surface area contributed by atoms with Crippen LogP contribution >= 0.6 is 15.9 Å². The number of rotatable bonds is 5. The Morgan fingerprint density at radius 3 is 2.33 bits per heavy atom. The summed E-state index contributed by atoms with van der Waals surface area (Å²) in [6.07, 6.45) is 0.622. The zero-order valence-corrected chi connectivity index (χ0v) is 14.1. The predicted octanol–water partition coefficient (Wildman–Crippen LogP) is 4.16. The van der Waals surface area contributed by atoms with Crippen LogP contribution in [0.15, 0.2) is 46.9 Å². The van der Waals surface area contributed by atoms with Crippen molar-refractivity contribution in [3.63, 3.8) is 0 Å². The smallest absolute Gasteiger partial charge is 0.127 e. The van der Waals surface area contributed by atoms with Crippen LogP contribution in [0, 0.1) is 5.82 Å². The molecule has 1 atom stereocenters. The van der Waals surface area contributed by atoms with Gasteiger partial charge in [0.1, 0.15) is 5.82 Å². The van der Waals surface area contributed by atoms with Crippen molar-refractivity contribution in [3.8, 4) is 0 Å². The topological polar surface area (TPSA) is 15.3 Å². The highest BCUT2D eigenvalue weighted by atomic mass is 79.9. The molecular weight excluding hydrogens is 331 g/mol. The van der Waals surface area contributed by atoms with Crippen molar-refractivity contribution in [2.45, 2.75) is 12.5 Å². The number of hydrogen-bond donors (Lipinski definition) is 1. The van der Waals surface area contributed by atoms with E-state index in [1.165, 1.54) is 6.07 Å². The molecular formula is C17H20BrFN2. The first-order valence-electron chi connectivity index (χ1n) is 6.89. The average Bonchev–Trinajstić information content (AvgIpc) is 2.47. The first-order valence-corrected chi connectivity index (χ1v) is 7.69. The largest absolute Gasteiger partial charge is 0.378 e. The minimum atomic E-state index is -0.172. The number of anilines is 1. The zero-order valence-electron chi connectivity index (χ0n) is 12.5. The van der Waals surface area contributed by atoms with Crippen LogP contribution in [0.2, 0.25) is 0 Å². The predicted molar refractivity (Wildman–Crippen MR) is 90.4 cm³/mol. The fourth-order valence-electron chi connectivity index (χ4n) is 2.30. The van der Waals surface area contributed by atoms with E-state index in [4.69, 9.17) is 0 Å². The molecule has 0 fully saturated rings. The van der Waals surface area contributed by atoms with Crippen LogP contribution in [0.4, 0.5) is 10.1 Å². The third-order valence-corrected chi connectivity index (χ3v) is 4.09. The van der Waals surface area contributed by atoms with E-state index in [9.17, 15) is 4.39 Å². The molecule has 1 N–H and O–H groups in total. The van der Waals surface area contributed by atoms with Crippen molar-refractivity contribution in [2.24, 2.45) is 0 Å². The van der Waals surface area contributed by atoms with Gasteiger partial charge in [0.05, 0.1) is 0 Å². The van der Waals surface area contributed by atoms with E-state index in [1.54, 1.807) is 0 Å². The molecule has 112 valence electrons. The normalized spacial score (nSPS) is 12.2. The highest BCUT2D eigenvalue weighted by Gasteiger charge is 2.13. The van der Waals surface area contributed by atoms with Crippen molar-refractivity contribution in [3.05, 3.63) is 63.9 Å². The van der Waals surface area contributed by atoms with Crippen molar-refractivity contribution in [1.29, 1.82) is 0 Å². The van der Waals surface area contributed by atoms with E-state index < -0.39 is 0 Å². The molecule has 0 aromatic heterocycles. The lowest BCUT2D eigenvalue weighted by molar-refractivity contribution is 0.554. The molecule has 2 aromatic rings. The summed E-state index contributed by atoms with van der Waals surface area (Å²) in [5.41, 5.74) is 3.03. The quantitative estimate of drug-likeness (QED) is 0.870. The Balaban J connectivity index is 2.19. The monoisotopic (exact) mass is 350 g/mol. The lowest BCUT2D eigenvalue weighted by atomic mass is 9.98. The Labute approximate surface area is 134 Å². The molecule has 0 heterocycles. The summed E-state index contributed by atoms with van der Waals surface area (Å²) < 4.78 is 14.7. The molecule has 0 saturated carbocycles. The molecule has 0 saturated heterocycles. The van der Waals surface area contributed by atoms with Crippen molar-refractivity contribution in [2.75, 3.05) is 26.0 Å². The highest BCUT2D eigenvalue weighted by Crippen LogP contribution is 2.24. The molecule has 0 aliphatic heterocycles. The van der Waals surface area contributed by atoms with Crippen LogP contribution in [-0.2, 0) is 6.42 Å². The Kier molecular flexibility index (Phi) is 5.37. The molecule has 0 bridgehead atoms. The van der Waals surface area contributed by atoms with Crippen LogP contribution in [0.25, 0.3) is 0 Å². The lowest BCUT2D eigenvalue weighted by Gasteiger charge is -2.19. The molecule has 4 heteroatoms. The number of benzene rings is 2. The van der Waals surface area contributed by atoms with Gasteiger partial charge in [-0.05, 0) is 48.9 Å². The van der Waals surface area contributed by atoms with Gasteiger partial charge in [0.25, 0.3) is 0 Å². The first-order chi connectivity index (χ1) is 10.0. The second kappa shape index (κ2) is 7.05. The van der Waals surface area contributed by atoms with Crippen LogP contribution in [0.1, 0.15) is 17.2 Å². The fraction of sp³-hybridized carbons (Fsp3) is 0.294. The van der Waals surface area contributed by atoms with Gasteiger partial charge in [-0.1, -0.05) is 34.1 Å². The Morgan fingerprint density at radius 2 is 1.81 bits per heavy atom. The molecule has 0 radical (unpaired) electrons. The Hall–Kier alpha value is -1.39. The summed E-state index contributed by atoms with van der Waals surface area (Å²) in [6, 6.07) is 13.7. The number of hydrogen-bond acceptors (Lipinski definition) is 2. The summed E-state index contributed by atoms with van der Waals surface area (Å²) in [5, 5.41) is 3.27. The SMILES string of the molecule is CNC(Cc1ccc(Br)cc1F)c1ccc(N(C)C)cc1. The summed E-state index contributed by atoms with van der Waals surface area (Å²) >= 11 is 3.29. The third-order valence-electron chi connectivity index (χ3n) is 3.60. The van der Waals surface area contributed by atoms with Crippen LogP contribution in [0.3, 0.4) is 0 Å². The van der Waals surface area contributed by atoms with E-state index in [0.29, 0.717) is 12.0 Å². The molecule has 0 amide bonds. The van der Waals surface area contributed by atoms with Crippen LogP contribution < -0.4 is 10.2 Å².